The maximum Gasteiger partial charge on any atom is 0.326 e. The van der Waals surface area contributed by atoms with Crippen molar-refractivity contribution >= 4 is 46.7 Å². The third-order valence-corrected chi connectivity index (χ3v) is 4.82. The van der Waals surface area contributed by atoms with E-state index in [1.54, 1.807) is 30.3 Å². The van der Waals surface area contributed by atoms with Gasteiger partial charge in [-0.1, -0.05) is 53.5 Å². The Morgan fingerprint density at radius 2 is 1.62 bits per heavy atom. The molecule has 0 aliphatic carbocycles. The van der Waals surface area contributed by atoms with Crippen molar-refractivity contribution in [2.75, 3.05) is 11.9 Å². The highest BCUT2D eigenvalue weighted by Gasteiger charge is 2.25. The van der Waals surface area contributed by atoms with Gasteiger partial charge < -0.3 is 15.4 Å². The summed E-state index contributed by atoms with van der Waals surface area (Å²) < 4.78 is 18.4. The van der Waals surface area contributed by atoms with Crippen molar-refractivity contribution in [2.24, 2.45) is 0 Å². The van der Waals surface area contributed by atoms with Crippen molar-refractivity contribution in [3.05, 3.63) is 99.8 Å². The number of esters is 1. The van der Waals surface area contributed by atoms with Gasteiger partial charge in [0.05, 0.1) is 10.6 Å². The average molecular weight is 475 g/mol. The Morgan fingerprint density at radius 3 is 2.28 bits per heavy atom. The second kappa shape index (κ2) is 10.7. The molecule has 2 N–H and O–H groups in total. The van der Waals surface area contributed by atoms with Crippen molar-refractivity contribution in [2.45, 2.75) is 6.10 Å². The van der Waals surface area contributed by atoms with E-state index in [0.717, 1.165) is 0 Å². The number of rotatable bonds is 7. The Balaban J connectivity index is 1.67. The number of carbonyl (C=O) groups excluding carboxylic acids is 3. The quantitative estimate of drug-likeness (QED) is 0.482. The Labute approximate surface area is 193 Å². The van der Waals surface area contributed by atoms with E-state index in [4.69, 9.17) is 27.9 Å². The zero-order valence-corrected chi connectivity index (χ0v) is 18.0. The number of nitrogens with one attached hydrogen (secondary N) is 2. The van der Waals surface area contributed by atoms with Gasteiger partial charge in [0.2, 0.25) is 6.10 Å². The fraction of sp³-hybridized carbons (Fsp3) is 0.0870. The molecule has 1 atom stereocenters. The summed E-state index contributed by atoms with van der Waals surface area (Å²) in [5.41, 5.74) is 0.893. The molecular formula is C23H17Cl2FN2O4. The lowest BCUT2D eigenvalue weighted by molar-refractivity contribution is -0.153. The fourth-order valence-corrected chi connectivity index (χ4v) is 3.23. The first kappa shape index (κ1) is 23.2. The van der Waals surface area contributed by atoms with Crippen LogP contribution in [0.25, 0.3) is 0 Å². The lowest BCUT2D eigenvalue weighted by Gasteiger charge is -2.18. The van der Waals surface area contributed by atoms with Gasteiger partial charge in [0.15, 0.2) is 0 Å². The van der Waals surface area contributed by atoms with Crippen molar-refractivity contribution in [1.29, 1.82) is 0 Å². The third kappa shape index (κ3) is 6.29. The smallest absolute Gasteiger partial charge is 0.326 e. The predicted octanol–water partition coefficient (Wildman–Crippen LogP) is 4.79. The second-order valence-electron chi connectivity index (χ2n) is 6.58. The fourth-order valence-electron chi connectivity index (χ4n) is 2.74. The maximum atomic E-state index is 13.1. The van der Waals surface area contributed by atoms with Crippen LogP contribution in [0.1, 0.15) is 22.0 Å². The lowest BCUT2D eigenvalue weighted by atomic mass is 10.1. The van der Waals surface area contributed by atoms with E-state index in [1.807, 2.05) is 0 Å². The highest BCUT2D eigenvalue weighted by molar-refractivity contribution is 6.36. The molecule has 0 bridgehead atoms. The number of anilines is 1. The summed E-state index contributed by atoms with van der Waals surface area (Å²) in [6.07, 6.45) is -1.29. The normalized spacial score (nSPS) is 11.3. The summed E-state index contributed by atoms with van der Waals surface area (Å²) in [6.45, 7) is -0.495. The minimum absolute atomic E-state index is 0.129. The van der Waals surface area contributed by atoms with Gasteiger partial charge >= 0.3 is 5.97 Å². The number of halogens is 3. The van der Waals surface area contributed by atoms with Gasteiger partial charge in [-0.25, -0.2) is 4.39 Å². The summed E-state index contributed by atoms with van der Waals surface area (Å²) in [4.78, 5) is 37.4. The standard InChI is InChI=1S/C23H17Cl2FN2O4/c24-15-6-11-18(19(25)12-15)22(30)27-13-20(29)32-21(14-4-2-1-3-5-14)23(31)28-17-9-7-16(26)8-10-17/h1-12,21H,13H2,(H,27,30)(H,28,31)/t21-/m0/s1. The number of amides is 2. The van der Waals surface area contributed by atoms with E-state index < -0.39 is 36.2 Å². The van der Waals surface area contributed by atoms with Gasteiger partial charge in [-0.05, 0) is 42.5 Å². The zero-order chi connectivity index (χ0) is 23.1. The molecule has 0 radical (unpaired) electrons. The molecule has 0 aromatic heterocycles. The molecule has 0 unspecified atom stereocenters. The first-order valence-corrected chi connectivity index (χ1v) is 10.1. The van der Waals surface area contributed by atoms with Crippen LogP contribution >= 0.6 is 23.2 Å². The lowest BCUT2D eigenvalue weighted by Crippen LogP contribution is -2.33. The molecule has 3 aromatic carbocycles. The second-order valence-corrected chi connectivity index (χ2v) is 7.43. The number of benzene rings is 3. The molecule has 0 fully saturated rings. The van der Waals surface area contributed by atoms with E-state index in [2.05, 4.69) is 10.6 Å². The molecule has 0 aliphatic heterocycles. The number of carbonyl (C=O) groups is 3. The Morgan fingerprint density at radius 1 is 0.938 bits per heavy atom. The summed E-state index contributed by atoms with van der Waals surface area (Å²) in [5, 5.41) is 5.47. The van der Waals surface area contributed by atoms with Crippen LogP contribution in [0.3, 0.4) is 0 Å². The Hall–Kier alpha value is -3.42. The van der Waals surface area contributed by atoms with Gasteiger partial charge in [0.25, 0.3) is 11.8 Å². The topological polar surface area (TPSA) is 84.5 Å². The van der Waals surface area contributed by atoms with Gasteiger partial charge in [-0.2, -0.15) is 0 Å². The minimum Gasteiger partial charge on any atom is -0.446 e. The molecule has 2 amide bonds. The van der Waals surface area contributed by atoms with E-state index in [-0.39, 0.29) is 10.6 Å². The molecule has 0 heterocycles. The van der Waals surface area contributed by atoms with Crippen LogP contribution in [0.2, 0.25) is 10.0 Å². The van der Waals surface area contributed by atoms with Crippen LogP contribution in [0.15, 0.2) is 72.8 Å². The molecule has 6 nitrogen and oxygen atoms in total. The van der Waals surface area contributed by atoms with E-state index >= 15 is 0 Å². The van der Waals surface area contributed by atoms with E-state index in [9.17, 15) is 18.8 Å². The maximum absolute atomic E-state index is 13.1. The molecule has 0 saturated heterocycles. The molecule has 3 aromatic rings. The SMILES string of the molecule is O=C(CNC(=O)c1ccc(Cl)cc1Cl)O[C@H](C(=O)Nc1ccc(F)cc1)c1ccccc1. The zero-order valence-electron chi connectivity index (χ0n) is 16.5. The largest absolute Gasteiger partial charge is 0.446 e. The molecule has 0 saturated carbocycles. The summed E-state index contributed by atoms with van der Waals surface area (Å²) >= 11 is 11.8. The number of ether oxygens (including phenoxy) is 1. The van der Waals surface area contributed by atoms with Crippen molar-refractivity contribution < 1.29 is 23.5 Å². The van der Waals surface area contributed by atoms with E-state index in [0.29, 0.717) is 16.3 Å². The summed E-state index contributed by atoms with van der Waals surface area (Å²) in [5.74, 6) is -2.53. The van der Waals surface area contributed by atoms with Crippen molar-refractivity contribution in [1.82, 2.24) is 5.32 Å². The first-order valence-electron chi connectivity index (χ1n) is 9.37. The van der Waals surface area contributed by atoms with Gasteiger partial charge in [0, 0.05) is 16.3 Å². The Kier molecular flexibility index (Phi) is 7.81. The van der Waals surface area contributed by atoms with Crippen LogP contribution in [0.4, 0.5) is 10.1 Å². The average Bonchev–Trinajstić information content (AvgIpc) is 2.78. The number of hydrogen-bond acceptors (Lipinski definition) is 4. The van der Waals surface area contributed by atoms with Gasteiger partial charge in [-0.15, -0.1) is 0 Å². The molecule has 0 aliphatic rings. The third-order valence-electron chi connectivity index (χ3n) is 4.27. The molecule has 32 heavy (non-hydrogen) atoms. The van der Waals surface area contributed by atoms with Crippen LogP contribution in [-0.2, 0) is 14.3 Å². The molecular weight excluding hydrogens is 458 g/mol. The molecule has 164 valence electrons. The molecule has 3 rings (SSSR count). The highest BCUT2D eigenvalue weighted by atomic mass is 35.5. The van der Waals surface area contributed by atoms with Crippen LogP contribution in [0, 0.1) is 5.82 Å². The van der Waals surface area contributed by atoms with Crippen molar-refractivity contribution in [3.8, 4) is 0 Å². The van der Waals surface area contributed by atoms with Crippen LogP contribution in [0.5, 0.6) is 0 Å². The van der Waals surface area contributed by atoms with Crippen LogP contribution < -0.4 is 10.6 Å². The molecule has 0 spiro atoms. The van der Waals surface area contributed by atoms with Gasteiger partial charge in [0.1, 0.15) is 12.4 Å². The van der Waals surface area contributed by atoms with Gasteiger partial charge in [-0.3, -0.25) is 14.4 Å². The Bertz CT molecular complexity index is 1120. The first-order chi connectivity index (χ1) is 15.3. The predicted molar refractivity (Wildman–Crippen MR) is 119 cm³/mol. The number of hydrogen-bond donors (Lipinski definition) is 2. The van der Waals surface area contributed by atoms with Crippen molar-refractivity contribution in [3.63, 3.8) is 0 Å². The summed E-state index contributed by atoms with van der Waals surface area (Å²) in [6, 6.07) is 17.8. The van der Waals surface area contributed by atoms with E-state index in [1.165, 1.54) is 42.5 Å². The van der Waals surface area contributed by atoms with Crippen LogP contribution in [-0.4, -0.2) is 24.3 Å². The molecule has 9 heteroatoms. The monoisotopic (exact) mass is 474 g/mol. The highest BCUT2D eigenvalue weighted by Crippen LogP contribution is 2.22. The summed E-state index contributed by atoms with van der Waals surface area (Å²) in [7, 11) is 0. The minimum atomic E-state index is -1.29.